The summed E-state index contributed by atoms with van der Waals surface area (Å²) in [7, 11) is 0. The maximum absolute atomic E-state index is 6.46. The maximum Gasteiger partial charge on any atom is 0.0535 e. The summed E-state index contributed by atoms with van der Waals surface area (Å²) in [5.74, 6) is 0. The van der Waals surface area contributed by atoms with Gasteiger partial charge < -0.3 is 10.3 Å². The average Bonchev–Trinajstić information content (AvgIpc) is 2.83. The second kappa shape index (κ2) is 5.41. The largest absolute Gasteiger partial charge is 0.323 e. The van der Waals surface area contributed by atoms with E-state index in [0.717, 1.165) is 34.4 Å². The minimum Gasteiger partial charge on any atom is -0.323 e. The molecule has 0 amide bonds. The van der Waals surface area contributed by atoms with Gasteiger partial charge in [0.15, 0.2) is 0 Å². The van der Waals surface area contributed by atoms with E-state index in [1.54, 1.807) is 0 Å². The molecule has 2 nitrogen and oxygen atoms in total. The second-order valence-corrected chi connectivity index (χ2v) is 7.19. The average molecular weight is 376 g/mol. The first kappa shape index (κ1) is 14.3. The van der Waals surface area contributed by atoms with Gasteiger partial charge in [0.05, 0.1) is 5.52 Å². The van der Waals surface area contributed by atoms with Crippen LogP contribution in [0.15, 0.2) is 46.9 Å². The summed E-state index contributed by atoms with van der Waals surface area (Å²) < 4.78 is 3.41. The van der Waals surface area contributed by atoms with Crippen LogP contribution in [0, 0.1) is 0 Å². The van der Waals surface area contributed by atoms with Crippen molar-refractivity contribution < 1.29 is 0 Å². The lowest BCUT2D eigenvalue weighted by atomic mass is 9.92. The molecule has 0 saturated carbocycles. The first-order valence-electron chi connectivity index (χ1n) is 7.49. The van der Waals surface area contributed by atoms with Crippen molar-refractivity contribution in [2.75, 3.05) is 0 Å². The summed E-state index contributed by atoms with van der Waals surface area (Å²) in [4.78, 5) is 0. The maximum atomic E-state index is 6.46. The number of nitrogens with two attached hydrogens (primary N) is 1. The van der Waals surface area contributed by atoms with Crippen molar-refractivity contribution in [2.24, 2.45) is 5.73 Å². The van der Waals surface area contributed by atoms with Gasteiger partial charge in [-0.25, -0.2) is 0 Å². The monoisotopic (exact) mass is 374 g/mol. The van der Waals surface area contributed by atoms with Crippen LogP contribution in [0.5, 0.6) is 0 Å². The number of fused-ring (bicyclic) bond motifs is 3. The topological polar surface area (TPSA) is 30.9 Å². The molecule has 0 bridgehead atoms. The van der Waals surface area contributed by atoms with E-state index in [1.807, 2.05) is 12.1 Å². The van der Waals surface area contributed by atoms with E-state index in [0.29, 0.717) is 0 Å². The third-order valence-electron chi connectivity index (χ3n) is 4.45. The molecular weight excluding hydrogens is 360 g/mol. The highest BCUT2D eigenvalue weighted by Gasteiger charge is 2.26. The van der Waals surface area contributed by atoms with Gasteiger partial charge in [0.2, 0.25) is 0 Å². The van der Waals surface area contributed by atoms with Crippen LogP contribution < -0.4 is 5.73 Å². The third-order valence-corrected chi connectivity index (χ3v) is 5.20. The molecule has 0 spiro atoms. The molecule has 22 heavy (non-hydrogen) atoms. The van der Waals surface area contributed by atoms with Crippen LogP contribution in [-0.2, 0) is 6.42 Å². The van der Waals surface area contributed by atoms with E-state index in [-0.39, 0.29) is 6.04 Å². The van der Waals surface area contributed by atoms with E-state index in [1.165, 1.54) is 22.2 Å². The van der Waals surface area contributed by atoms with Gasteiger partial charge in [0.1, 0.15) is 0 Å². The van der Waals surface area contributed by atoms with Crippen LogP contribution in [0.25, 0.3) is 16.6 Å². The number of hydrogen-bond acceptors (Lipinski definition) is 1. The fourth-order valence-corrected chi connectivity index (χ4v) is 3.99. The summed E-state index contributed by atoms with van der Waals surface area (Å²) in [6, 6.07) is 14.5. The SMILES string of the molecule is NC1CCCc2c1n(-c1ccc(Cl)cc1)c1ccc(Br)cc21. The minimum atomic E-state index is 0.0885. The van der Waals surface area contributed by atoms with Gasteiger partial charge in [-0.3, -0.25) is 0 Å². The van der Waals surface area contributed by atoms with Crippen molar-refractivity contribution in [3.63, 3.8) is 0 Å². The van der Waals surface area contributed by atoms with Gasteiger partial charge in [0.25, 0.3) is 0 Å². The molecule has 4 heteroatoms. The number of rotatable bonds is 1. The zero-order chi connectivity index (χ0) is 15.3. The van der Waals surface area contributed by atoms with Crippen LogP contribution in [0.4, 0.5) is 0 Å². The molecule has 2 N–H and O–H groups in total. The van der Waals surface area contributed by atoms with E-state index in [9.17, 15) is 0 Å². The Hall–Kier alpha value is -1.29. The predicted octanol–water partition coefficient (Wildman–Crippen LogP) is 5.38. The molecule has 0 fully saturated rings. The van der Waals surface area contributed by atoms with Crippen molar-refractivity contribution in [2.45, 2.75) is 25.3 Å². The summed E-state index contributed by atoms with van der Waals surface area (Å²) in [5.41, 5.74) is 11.4. The van der Waals surface area contributed by atoms with E-state index in [4.69, 9.17) is 17.3 Å². The number of aromatic nitrogens is 1. The second-order valence-electron chi connectivity index (χ2n) is 5.84. The molecule has 3 aromatic rings. The molecule has 1 atom stereocenters. The molecule has 1 aliphatic rings. The first-order valence-corrected chi connectivity index (χ1v) is 8.66. The molecule has 1 aliphatic carbocycles. The summed E-state index contributed by atoms with van der Waals surface area (Å²) in [6.45, 7) is 0. The normalized spacial score (nSPS) is 17.7. The van der Waals surface area contributed by atoms with Crippen LogP contribution in [0.2, 0.25) is 5.02 Å². The fourth-order valence-electron chi connectivity index (χ4n) is 3.50. The van der Waals surface area contributed by atoms with Gasteiger partial charge in [-0.05, 0) is 67.3 Å². The lowest BCUT2D eigenvalue weighted by Gasteiger charge is -2.22. The van der Waals surface area contributed by atoms with Gasteiger partial charge in [-0.1, -0.05) is 27.5 Å². The zero-order valence-corrected chi connectivity index (χ0v) is 14.4. The van der Waals surface area contributed by atoms with Crippen LogP contribution in [0.3, 0.4) is 0 Å². The summed E-state index contributed by atoms with van der Waals surface area (Å²) >= 11 is 9.64. The van der Waals surface area contributed by atoms with Crippen molar-refractivity contribution in [3.8, 4) is 5.69 Å². The van der Waals surface area contributed by atoms with Gasteiger partial charge in [0, 0.05) is 32.3 Å². The van der Waals surface area contributed by atoms with Gasteiger partial charge >= 0.3 is 0 Å². The lowest BCUT2D eigenvalue weighted by molar-refractivity contribution is 0.552. The molecular formula is C18H16BrClN2. The van der Waals surface area contributed by atoms with Crippen LogP contribution in [-0.4, -0.2) is 4.57 Å². The Kier molecular flexibility index (Phi) is 3.52. The highest BCUT2D eigenvalue weighted by atomic mass is 79.9. The van der Waals surface area contributed by atoms with E-state index >= 15 is 0 Å². The van der Waals surface area contributed by atoms with E-state index in [2.05, 4.69) is 50.8 Å². The van der Waals surface area contributed by atoms with Crippen LogP contribution in [0.1, 0.15) is 30.1 Å². The Bertz CT molecular complexity index is 852. The minimum absolute atomic E-state index is 0.0885. The summed E-state index contributed by atoms with van der Waals surface area (Å²) in [5, 5.41) is 2.05. The number of hydrogen-bond donors (Lipinski definition) is 1. The molecule has 1 heterocycles. The number of nitrogens with zero attached hydrogens (tertiary/aromatic N) is 1. The highest BCUT2D eigenvalue weighted by Crippen LogP contribution is 2.39. The quantitative estimate of drug-likeness (QED) is 0.608. The van der Waals surface area contributed by atoms with Crippen molar-refractivity contribution in [1.82, 2.24) is 4.57 Å². The Morgan fingerprint density at radius 1 is 1.14 bits per heavy atom. The first-order chi connectivity index (χ1) is 10.6. The zero-order valence-electron chi connectivity index (χ0n) is 12.0. The Balaban J connectivity index is 2.08. The highest BCUT2D eigenvalue weighted by molar-refractivity contribution is 9.10. The molecule has 1 aromatic heterocycles. The standard InChI is InChI=1S/C18H16BrClN2/c19-11-4-9-17-15(10-11)14-2-1-3-16(21)18(14)22(17)13-7-5-12(20)6-8-13/h4-10,16H,1-3,21H2. The molecule has 0 saturated heterocycles. The molecule has 112 valence electrons. The number of halogens is 2. The van der Waals surface area contributed by atoms with Gasteiger partial charge in [-0.2, -0.15) is 0 Å². The smallest absolute Gasteiger partial charge is 0.0535 e. The Labute approximate surface area is 143 Å². The number of benzene rings is 2. The molecule has 0 radical (unpaired) electrons. The van der Waals surface area contributed by atoms with Crippen molar-refractivity contribution >= 4 is 38.4 Å². The van der Waals surface area contributed by atoms with Crippen molar-refractivity contribution in [1.29, 1.82) is 0 Å². The molecule has 1 unspecified atom stereocenters. The summed E-state index contributed by atoms with van der Waals surface area (Å²) in [6.07, 6.45) is 3.29. The molecule has 2 aromatic carbocycles. The molecule has 0 aliphatic heterocycles. The van der Waals surface area contributed by atoms with Crippen molar-refractivity contribution in [3.05, 3.63) is 63.2 Å². The third kappa shape index (κ3) is 2.19. The molecule has 4 rings (SSSR count). The fraction of sp³-hybridized carbons (Fsp3) is 0.222. The van der Waals surface area contributed by atoms with E-state index < -0.39 is 0 Å². The van der Waals surface area contributed by atoms with Gasteiger partial charge in [-0.15, -0.1) is 0 Å². The Morgan fingerprint density at radius 2 is 1.91 bits per heavy atom. The van der Waals surface area contributed by atoms with Crippen LogP contribution >= 0.6 is 27.5 Å². The lowest BCUT2D eigenvalue weighted by Crippen LogP contribution is -2.20. The Morgan fingerprint density at radius 3 is 2.68 bits per heavy atom. The number of aryl methyl sites for hydroxylation is 1. The predicted molar refractivity (Wildman–Crippen MR) is 95.9 cm³/mol.